The van der Waals surface area contributed by atoms with Crippen molar-refractivity contribution in [1.29, 1.82) is 0 Å². The summed E-state index contributed by atoms with van der Waals surface area (Å²) in [6.45, 7) is 6.13. The number of carbonyl (C=O) groups is 4. The number of carboxylic acid groups (broad SMARTS) is 1. The van der Waals surface area contributed by atoms with Crippen LogP contribution in [0.2, 0.25) is 0 Å². The van der Waals surface area contributed by atoms with Gasteiger partial charge in [-0.15, -0.1) is 0 Å². The van der Waals surface area contributed by atoms with Gasteiger partial charge in [0, 0.05) is 38.4 Å². The number of benzene rings is 1. The Morgan fingerprint density at radius 1 is 0.927 bits per heavy atom. The van der Waals surface area contributed by atoms with Gasteiger partial charge in [-0.2, -0.15) is 8.78 Å². The molecule has 1 aromatic rings. The summed E-state index contributed by atoms with van der Waals surface area (Å²) in [6.07, 6.45) is 4.42. The van der Waals surface area contributed by atoms with E-state index in [2.05, 4.69) is 10.6 Å². The van der Waals surface area contributed by atoms with Gasteiger partial charge in [0.1, 0.15) is 12.1 Å². The second-order valence-electron chi connectivity index (χ2n) is 9.97. The quantitative estimate of drug-likeness (QED) is 0.118. The Bertz CT molecular complexity index is 1060. The second-order valence-corrected chi connectivity index (χ2v) is 11.6. The van der Waals surface area contributed by atoms with Gasteiger partial charge in [-0.25, -0.2) is 0 Å². The first-order chi connectivity index (χ1) is 19.1. The van der Waals surface area contributed by atoms with Gasteiger partial charge >= 0.3 is 19.2 Å². The standard InChI is InChI=1S/C27H42F2N3O8P/c1-4-6-8-16-32(17-9-7-5-2)26(37)22(14-15-24(34)35)31-25(36)23(30-19(3)33)18-20-10-12-21(13-11-20)27(28,29)41(38,39)40/h10-13,22-23H,4-9,14-18H2,1-3H3,(H,30,33)(H,31,36)(H,34,35)(H2,38,39,40)/t22-,23-/m0/s1. The van der Waals surface area contributed by atoms with E-state index in [0.717, 1.165) is 62.8 Å². The molecule has 0 fully saturated rings. The highest BCUT2D eigenvalue weighted by atomic mass is 31.2. The Kier molecular flexibility index (Phi) is 15.1. The van der Waals surface area contributed by atoms with Crippen LogP contribution in [0.5, 0.6) is 0 Å². The van der Waals surface area contributed by atoms with E-state index in [1.54, 1.807) is 4.90 Å². The van der Waals surface area contributed by atoms with E-state index in [4.69, 9.17) is 9.79 Å². The number of rotatable bonds is 19. The Hall–Kier alpha value is -2.89. The van der Waals surface area contributed by atoms with Gasteiger partial charge in [0.15, 0.2) is 0 Å². The Balaban J connectivity index is 3.18. The number of nitrogens with zero attached hydrogens (tertiary/aromatic N) is 1. The minimum atomic E-state index is -5.77. The molecule has 0 aromatic heterocycles. The Morgan fingerprint density at radius 3 is 1.90 bits per heavy atom. The molecule has 0 saturated carbocycles. The molecule has 1 rings (SSSR count). The van der Waals surface area contributed by atoms with Crippen LogP contribution in [0.1, 0.15) is 83.3 Å². The number of amides is 3. The van der Waals surface area contributed by atoms with E-state index in [1.807, 2.05) is 13.8 Å². The molecule has 41 heavy (non-hydrogen) atoms. The summed E-state index contributed by atoms with van der Waals surface area (Å²) in [5, 5.41) is 14.3. The van der Waals surface area contributed by atoms with E-state index in [-0.39, 0.29) is 19.3 Å². The van der Waals surface area contributed by atoms with Crippen LogP contribution in [-0.4, -0.2) is 68.7 Å². The van der Waals surface area contributed by atoms with Gasteiger partial charge in [-0.05, 0) is 24.8 Å². The van der Waals surface area contributed by atoms with Crippen LogP contribution in [0.25, 0.3) is 0 Å². The van der Waals surface area contributed by atoms with Crippen LogP contribution < -0.4 is 10.6 Å². The summed E-state index contributed by atoms with van der Waals surface area (Å²) >= 11 is 0. The van der Waals surface area contributed by atoms with Crippen LogP contribution in [0.4, 0.5) is 8.78 Å². The molecule has 0 radical (unpaired) electrons. The number of carboxylic acids is 1. The van der Waals surface area contributed by atoms with E-state index in [9.17, 15) is 37.6 Å². The first kappa shape index (κ1) is 36.1. The molecular formula is C27H42F2N3O8P. The number of halogens is 2. The third-order valence-corrected chi connectivity index (χ3v) is 7.43. The lowest BCUT2D eigenvalue weighted by atomic mass is 10.0. The van der Waals surface area contributed by atoms with Crippen LogP contribution in [0.3, 0.4) is 0 Å². The largest absolute Gasteiger partial charge is 0.481 e. The number of alkyl halides is 2. The average Bonchev–Trinajstić information content (AvgIpc) is 2.88. The lowest BCUT2D eigenvalue weighted by Crippen LogP contribution is -2.55. The highest BCUT2D eigenvalue weighted by Crippen LogP contribution is 2.59. The van der Waals surface area contributed by atoms with Crippen molar-refractivity contribution in [2.24, 2.45) is 0 Å². The molecule has 5 N–H and O–H groups in total. The maximum Gasteiger partial charge on any atom is 0.399 e. The fraction of sp³-hybridized carbons (Fsp3) is 0.630. The summed E-state index contributed by atoms with van der Waals surface area (Å²) in [6, 6.07) is 1.53. The lowest BCUT2D eigenvalue weighted by molar-refractivity contribution is -0.140. The molecule has 0 bridgehead atoms. The molecule has 232 valence electrons. The third kappa shape index (κ3) is 12.2. The molecule has 0 aliphatic carbocycles. The number of unbranched alkanes of at least 4 members (excludes halogenated alkanes) is 4. The second kappa shape index (κ2) is 17.2. The van der Waals surface area contributed by atoms with Gasteiger partial charge in [-0.3, -0.25) is 23.7 Å². The molecule has 11 nitrogen and oxygen atoms in total. The molecule has 3 amide bonds. The number of hydrogen-bond donors (Lipinski definition) is 5. The normalized spacial score (nSPS) is 13.2. The summed E-state index contributed by atoms with van der Waals surface area (Å²) < 4.78 is 39.2. The van der Waals surface area contributed by atoms with E-state index >= 15 is 0 Å². The minimum absolute atomic E-state index is 0.170. The smallest absolute Gasteiger partial charge is 0.399 e. The van der Waals surface area contributed by atoms with Crippen molar-refractivity contribution in [3.63, 3.8) is 0 Å². The highest BCUT2D eigenvalue weighted by Gasteiger charge is 2.50. The molecule has 14 heteroatoms. The van der Waals surface area contributed by atoms with Crippen molar-refractivity contribution in [1.82, 2.24) is 15.5 Å². The minimum Gasteiger partial charge on any atom is -0.481 e. The molecule has 0 aliphatic heterocycles. The molecule has 0 heterocycles. The molecular weight excluding hydrogens is 563 g/mol. The summed E-state index contributed by atoms with van der Waals surface area (Å²) in [4.78, 5) is 69.4. The predicted molar refractivity (Wildman–Crippen MR) is 148 cm³/mol. The van der Waals surface area contributed by atoms with E-state index in [0.29, 0.717) is 18.7 Å². The van der Waals surface area contributed by atoms with Gasteiger partial charge in [-0.1, -0.05) is 63.8 Å². The van der Waals surface area contributed by atoms with Gasteiger partial charge in [0.05, 0.1) is 0 Å². The van der Waals surface area contributed by atoms with Crippen molar-refractivity contribution in [3.05, 3.63) is 35.4 Å². The zero-order valence-electron chi connectivity index (χ0n) is 23.8. The topological polar surface area (TPSA) is 173 Å². The van der Waals surface area contributed by atoms with Crippen LogP contribution in [0, 0.1) is 0 Å². The van der Waals surface area contributed by atoms with Gasteiger partial charge < -0.3 is 30.4 Å². The summed E-state index contributed by atoms with van der Waals surface area (Å²) in [5.41, 5.74) is -5.03. The van der Waals surface area contributed by atoms with Crippen molar-refractivity contribution in [2.45, 2.75) is 96.3 Å². The Labute approximate surface area is 239 Å². The molecule has 1 aromatic carbocycles. The van der Waals surface area contributed by atoms with Crippen molar-refractivity contribution in [3.8, 4) is 0 Å². The number of carbonyl (C=O) groups excluding carboxylic acids is 3. The number of hydrogen-bond acceptors (Lipinski definition) is 5. The van der Waals surface area contributed by atoms with Crippen molar-refractivity contribution < 1.29 is 47.4 Å². The highest BCUT2D eigenvalue weighted by molar-refractivity contribution is 7.52. The van der Waals surface area contributed by atoms with E-state index < -0.39 is 54.6 Å². The van der Waals surface area contributed by atoms with Crippen LogP contribution in [0.15, 0.2) is 24.3 Å². The molecule has 0 spiro atoms. The van der Waals surface area contributed by atoms with Crippen molar-refractivity contribution in [2.75, 3.05) is 13.1 Å². The fourth-order valence-electron chi connectivity index (χ4n) is 4.16. The molecule has 0 aliphatic rings. The average molecular weight is 606 g/mol. The SMILES string of the molecule is CCCCCN(CCCCC)C(=O)[C@H](CCC(=O)O)NC(=O)[C@H](Cc1ccc(C(F)(F)P(=O)(O)O)cc1)NC(C)=O. The molecule has 0 unspecified atom stereocenters. The zero-order valence-corrected chi connectivity index (χ0v) is 24.7. The first-order valence-corrected chi connectivity index (χ1v) is 15.4. The first-order valence-electron chi connectivity index (χ1n) is 13.7. The number of aliphatic carboxylic acids is 1. The summed E-state index contributed by atoms with van der Waals surface area (Å²) in [7, 11) is -5.77. The lowest BCUT2D eigenvalue weighted by Gasteiger charge is -2.29. The number of nitrogens with one attached hydrogen (secondary N) is 2. The maximum absolute atomic E-state index is 14.0. The maximum atomic E-state index is 14.0. The van der Waals surface area contributed by atoms with E-state index in [1.165, 1.54) is 6.92 Å². The third-order valence-electron chi connectivity index (χ3n) is 6.44. The zero-order chi connectivity index (χ0) is 31.2. The molecule has 0 saturated heterocycles. The molecule has 2 atom stereocenters. The monoisotopic (exact) mass is 605 g/mol. The Morgan fingerprint density at radius 2 is 1.46 bits per heavy atom. The van der Waals surface area contributed by atoms with Crippen molar-refractivity contribution >= 4 is 31.3 Å². The van der Waals surface area contributed by atoms with Crippen LogP contribution >= 0.6 is 7.60 Å². The van der Waals surface area contributed by atoms with Gasteiger partial charge in [0.2, 0.25) is 17.7 Å². The van der Waals surface area contributed by atoms with Gasteiger partial charge in [0.25, 0.3) is 0 Å². The fourth-order valence-corrected chi connectivity index (χ4v) is 4.64. The summed E-state index contributed by atoms with van der Waals surface area (Å²) in [5.74, 6) is -2.91. The predicted octanol–water partition coefficient (Wildman–Crippen LogP) is 3.52. The van der Waals surface area contributed by atoms with Crippen LogP contribution in [-0.2, 0) is 35.8 Å².